The summed E-state index contributed by atoms with van der Waals surface area (Å²) in [5, 5.41) is 0. The van der Waals surface area contributed by atoms with Crippen molar-refractivity contribution >= 4 is 132 Å². The van der Waals surface area contributed by atoms with Gasteiger partial charge in [0, 0.05) is 57.5 Å². The number of esters is 4. The summed E-state index contributed by atoms with van der Waals surface area (Å²) in [6.07, 6.45) is 7.74. The van der Waals surface area contributed by atoms with E-state index in [-0.39, 0.29) is 63.6 Å². The molecule has 2 N–H and O–H groups in total. The summed E-state index contributed by atoms with van der Waals surface area (Å²) >= 11 is -3.59. The van der Waals surface area contributed by atoms with Crippen molar-refractivity contribution in [1.82, 2.24) is 0 Å². The second-order valence-electron chi connectivity index (χ2n) is 11.9. The number of unbranched alkanes of at least 4 members (excludes halogenated alkanes) is 4. The third kappa shape index (κ3) is 38.8. The maximum absolute atomic E-state index is 12.8. The second kappa shape index (κ2) is 40.3. The van der Waals surface area contributed by atoms with Gasteiger partial charge in [0.25, 0.3) is 0 Å². The van der Waals surface area contributed by atoms with Crippen LogP contribution in [-0.2, 0) is 60.3 Å². The van der Waals surface area contributed by atoms with Gasteiger partial charge in [-0.3, -0.25) is 19.2 Å². The topological polar surface area (TPSA) is 180 Å². The molecule has 55 heavy (non-hydrogen) atoms. The van der Waals surface area contributed by atoms with Gasteiger partial charge >= 0.3 is 23.9 Å². The number of rotatable bonds is 40. The minimum atomic E-state index is -1.79. The van der Waals surface area contributed by atoms with Gasteiger partial charge in [-0.15, -0.1) is 0 Å². The molecule has 22 heteroatoms. The number of ether oxygens (including phenoxy) is 4. The lowest BCUT2D eigenvalue weighted by Crippen LogP contribution is -2.44. The molecule has 0 aliphatic rings. The quantitative estimate of drug-likeness (QED) is 0.0195. The SMILES string of the molecule is CCCCSSCCC(=O)OCC(COC(=O)CCSSCCCC)(COC(=O)CCSSCCCCS(=O)O)COC(=O)CCSSCCCCS(=O)O. The van der Waals surface area contributed by atoms with Crippen LogP contribution in [0.1, 0.15) is 90.9 Å². The van der Waals surface area contributed by atoms with E-state index in [4.69, 9.17) is 28.1 Å². The van der Waals surface area contributed by atoms with Gasteiger partial charge in [-0.1, -0.05) is 113 Å². The maximum atomic E-state index is 12.8. The summed E-state index contributed by atoms with van der Waals surface area (Å²) in [5.74, 6) is 4.14. The number of hydrogen-bond donors (Lipinski definition) is 2. The molecule has 0 aliphatic heterocycles. The Labute approximate surface area is 365 Å². The van der Waals surface area contributed by atoms with Crippen molar-refractivity contribution in [2.24, 2.45) is 5.41 Å². The zero-order chi connectivity index (χ0) is 40.8. The van der Waals surface area contributed by atoms with Gasteiger partial charge in [-0.2, -0.15) is 0 Å². The third-order valence-corrected chi connectivity index (χ3v) is 18.1. The molecule has 0 amide bonds. The zero-order valence-corrected chi connectivity index (χ0v) is 40.1. The molecule has 324 valence electrons. The Morgan fingerprint density at radius 2 is 0.691 bits per heavy atom. The lowest BCUT2D eigenvalue weighted by atomic mass is 9.92. The second-order valence-corrected chi connectivity index (χ2v) is 24.8. The highest BCUT2D eigenvalue weighted by Gasteiger charge is 2.38. The van der Waals surface area contributed by atoms with Crippen molar-refractivity contribution in [3.8, 4) is 0 Å². The first-order valence-corrected chi connectivity index (χ1v) is 30.8. The van der Waals surface area contributed by atoms with Gasteiger partial charge < -0.3 is 28.1 Å². The smallest absolute Gasteiger partial charge is 0.306 e. The van der Waals surface area contributed by atoms with Crippen molar-refractivity contribution in [1.29, 1.82) is 0 Å². The predicted octanol–water partition coefficient (Wildman–Crippen LogP) is 8.84. The summed E-state index contributed by atoms with van der Waals surface area (Å²) in [6, 6.07) is 0. The molecule has 0 aliphatic carbocycles. The summed E-state index contributed by atoms with van der Waals surface area (Å²) < 4.78 is 62.0. The third-order valence-electron chi connectivity index (χ3n) is 6.80. The van der Waals surface area contributed by atoms with E-state index in [1.54, 1.807) is 64.8 Å². The number of carbonyl (C=O) groups is 4. The van der Waals surface area contributed by atoms with Gasteiger partial charge in [0.15, 0.2) is 22.2 Å². The first kappa shape index (κ1) is 55.9. The lowest BCUT2D eigenvalue weighted by Gasteiger charge is -2.31. The first-order chi connectivity index (χ1) is 26.5. The number of hydrogen-bond acceptors (Lipinski definition) is 18. The molecule has 0 aromatic heterocycles. The van der Waals surface area contributed by atoms with Crippen molar-refractivity contribution in [2.75, 3.05) is 84.0 Å². The normalized spacial score (nSPS) is 12.6. The average Bonchev–Trinajstić information content (AvgIpc) is 3.15. The fourth-order valence-electron chi connectivity index (χ4n) is 3.62. The van der Waals surface area contributed by atoms with Crippen LogP contribution in [0.5, 0.6) is 0 Å². The Morgan fingerprint density at radius 1 is 0.436 bits per heavy atom. The van der Waals surface area contributed by atoms with E-state index in [0.29, 0.717) is 35.9 Å². The van der Waals surface area contributed by atoms with Gasteiger partial charge in [0.2, 0.25) is 0 Å². The maximum Gasteiger partial charge on any atom is 0.306 e. The van der Waals surface area contributed by atoms with E-state index in [0.717, 1.165) is 61.5 Å². The minimum Gasteiger partial charge on any atom is -0.465 e. The van der Waals surface area contributed by atoms with Crippen molar-refractivity contribution in [2.45, 2.75) is 90.9 Å². The highest BCUT2D eigenvalue weighted by Crippen LogP contribution is 2.28. The van der Waals surface area contributed by atoms with E-state index in [1.807, 2.05) is 0 Å². The van der Waals surface area contributed by atoms with E-state index >= 15 is 0 Å². The Kier molecular flexibility index (Phi) is 41.0. The zero-order valence-electron chi connectivity index (χ0n) is 31.9. The molecule has 12 nitrogen and oxygen atoms in total. The molecule has 2 atom stereocenters. The van der Waals surface area contributed by atoms with Gasteiger partial charge in [0.1, 0.15) is 31.8 Å². The molecule has 0 aromatic rings. The lowest BCUT2D eigenvalue weighted by molar-refractivity contribution is -0.170. The highest BCUT2D eigenvalue weighted by molar-refractivity contribution is 8.77. The molecule has 0 spiro atoms. The van der Waals surface area contributed by atoms with E-state index < -0.39 is 51.5 Å². The molecule has 0 saturated heterocycles. The van der Waals surface area contributed by atoms with Crippen molar-refractivity contribution in [3.63, 3.8) is 0 Å². The molecule has 0 saturated carbocycles. The van der Waals surface area contributed by atoms with E-state index in [9.17, 15) is 27.6 Å². The Morgan fingerprint density at radius 3 is 0.945 bits per heavy atom. The largest absolute Gasteiger partial charge is 0.465 e. The molecule has 2 unspecified atom stereocenters. The van der Waals surface area contributed by atoms with Crippen LogP contribution >= 0.6 is 86.4 Å². The Hall–Kier alpha value is 0.900. The first-order valence-electron chi connectivity index (χ1n) is 18.3. The van der Waals surface area contributed by atoms with Crippen LogP contribution in [0.2, 0.25) is 0 Å². The van der Waals surface area contributed by atoms with Crippen LogP contribution in [0, 0.1) is 5.41 Å². The highest BCUT2D eigenvalue weighted by atomic mass is 33.1. The predicted molar refractivity (Wildman–Crippen MR) is 244 cm³/mol. The van der Waals surface area contributed by atoms with E-state index in [1.165, 1.54) is 21.6 Å². The molecule has 0 radical (unpaired) electrons. The Bertz CT molecular complexity index is 981. The van der Waals surface area contributed by atoms with E-state index in [2.05, 4.69) is 13.8 Å². The standard InChI is InChI=1S/C33H60O12S10/c1-3-5-15-46-50-19-11-29(34)42-25-33(26-43-30(35)12-20-51-47-16-6-4-2,27-44-31(36)13-21-52-48-17-7-9-23-54(38)39)28-45-32(37)14-22-53-49-18-8-10-24-55(40)41/h3-28H2,1-2H3,(H,38,39)(H,40,41). The van der Waals surface area contributed by atoms with Gasteiger partial charge in [-0.05, 0) is 38.5 Å². The monoisotopic (exact) mass is 968 g/mol. The van der Waals surface area contributed by atoms with Crippen LogP contribution in [0.4, 0.5) is 0 Å². The van der Waals surface area contributed by atoms with Crippen LogP contribution in [0.25, 0.3) is 0 Å². The Balaban J connectivity index is 5.46. The molecular weight excluding hydrogens is 909 g/mol. The van der Waals surface area contributed by atoms with Crippen LogP contribution in [-0.4, -0.2) is 125 Å². The summed E-state index contributed by atoms with van der Waals surface area (Å²) in [4.78, 5) is 51.3. The molecule has 0 bridgehead atoms. The number of carbonyl (C=O) groups excluding carboxylic acids is 4. The molecular formula is C33H60O12S10. The minimum absolute atomic E-state index is 0.0976. The molecule has 0 fully saturated rings. The summed E-state index contributed by atoms with van der Waals surface area (Å²) in [7, 11) is 12.7. The molecule has 0 heterocycles. The van der Waals surface area contributed by atoms with Gasteiger partial charge in [-0.25, -0.2) is 8.42 Å². The molecule has 0 aromatic carbocycles. The van der Waals surface area contributed by atoms with Gasteiger partial charge in [0.05, 0.1) is 25.7 Å². The fourth-order valence-corrected chi connectivity index (χ4v) is 13.2. The van der Waals surface area contributed by atoms with Crippen molar-refractivity contribution < 1.29 is 55.6 Å². The van der Waals surface area contributed by atoms with Crippen LogP contribution in [0.3, 0.4) is 0 Å². The molecule has 0 rings (SSSR count). The average molecular weight is 970 g/mol. The van der Waals surface area contributed by atoms with Crippen LogP contribution in [0.15, 0.2) is 0 Å². The summed E-state index contributed by atoms with van der Waals surface area (Å²) in [6.45, 7) is 3.06. The fraction of sp³-hybridized carbons (Fsp3) is 0.879. The summed E-state index contributed by atoms with van der Waals surface area (Å²) in [5.41, 5.74) is -1.33. The van der Waals surface area contributed by atoms with Crippen LogP contribution < -0.4 is 0 Å². The van der Waals surface area contributed by atoms with Crippen molar-refractivity contribution in [3.05, 3.63) is 0 Å².